The van der Waals surface area contributed by atoms with Gasteiger partial charge in [-0.25, -0.2) is 0 Å². The fraction of sp³-hybridized carbons (Fsp3) is 0.357. The van der Waals surface area contributed by atoms with Gasteiger partial charge in [0.05, 0.1) is 17.8 Å². The molecule has 3 nitrogen and oxygen atoms in total. The first-order chi connectivity index (χ1) is 8.11. The topological polar surface area (TPSA) is 48.1 Å². The first-order valence-electron chi connectivity index (χ1n) is 5.80. The number of rotatable bonds is 3. The number of hydrogen-bond donors (Lipinski definition) is 1. The number of ether oxygens (including phenoxy) is 1. The lowest BCUT2D eigenvalue weighted by Crippen LogP contribution is -1.98. The average Bonchev–Trinajstić information content (AvgIpc) is 2.29. The molecule has 0 amide bonds. The molecule has 90 valence electrons. The van der Waals surface area contributed by atoms with Crippen LogP contribution in [0.25, 0.3) is 10.9 Å². The second-order valence-electron chi connectivity index (χ2n) is 4.57. The molecule has 2 aromatic rings. The summed E-state index contributed by atoms with van der Waals surface area (Å²) in [7, 11) is 1.66. The maximum Gasteiger partial charge on any atom is 0.0885 e. The number of aromatic nitrogens is 1. The molecular formula is C14H18N2O. The summed E-state index contributed by atoms with van der Waals surface area (Å²) in [5, 5.41) is 1.02. The predicted molar refractivity (Wildman–Crippen MR) is 71.0 cm³/mol. The Bertz CT molecular complexity index is 535. The fourth-order valence-corrected chi connectivity index (χ4v) is 1.91. The number of methoxy groups -OCH3 is 1. The number of anilines is 1. The molecule has 0 aliphatic heterocycles. The molecule has 1 heterocycles. The highest BCUT2D eigenvalue weighted by Crippen LogP contribution is 2.25. The van der Waals surface area contributed by atoms with Gasteiger partial charge < -0.3 is 10.5 Å². The second-order valence-corrected chi connectivity index (χ2v) is 4.57. The Morgan fingerprint density at radius 2 is 2.06 bits per heavy atom. The van der Waals surface area contributed by atoms with Crippen LogP contribution in [0, 0.1) is 0 Å². The van der Waals surface area contributed by atoms with Gasteiger partial charge in [-0.05, 0) is 29.7 Å². The highest BCUT2D eigenvalue weighted by Gasteiger charge is 2.06. The summed E-state index contributed by atoms with van der Waals surface area (Å²) in [6, 6.07) is 8.14. The molecule has 0 fully saturated rings. The van der Waals surface area contributed by atoms with Crippen LogP contribution in [0.3, 0.4) is 0 Å². The Balaban J connectivity index is 2.56. The number of benzene rings is 1. The molecule has 0 atom stereocenters. The van der Waals surface area contributed by atoms with Crippen molar-refractivity contribution in [1.29, 1.82) is 0 Å². The number of hydrogen-bond acceptors (Lipinski definition) is 3. The third-order valence-corrected chi connectivity index (χ3v) is 2.88. The van der Waals surface area contributed by atoms with Crippen molar-refractivity contribution in [2.24, 2.45) is 0 Å². The van der Waals surface area contributed by atoms with Crippen molar-refractivity contribution in [1.82, 2.24) is 4.98 Å². The van der Waals surface area contributed by atoms with E-state index in [1.807, 2.05) is 12.1 Å². The minimum atomic E-state index is 0.492. The van der Waals surface area contributed by atoms with E-state index in [1.54, 1.807) is 7.11 Å². The number of pyridine rings is 1. The van der Waals surface area contributed by atoms with Crippen LogP contribution in [0.1, 0.15) is 31.0 Å². The van der Waals surface area contributed by atoms with Crippen LogP contribution in [0.2, 0.25) is 0 Å². The predicted octanol–water partition coefficient (Wildman–Crippen LogP) is 3.09. The molecule has 0 saturated heterocycles. The minimum Gasteiger partial charge on any atom is -0.398 e. The van der Waals surface area contributed by atoms with E-state index in [9.17, 15) is 0 Å². The van der Waals surface area contributed by atoms with Crippen molar-refractivity contribution in [3.63, 3.8) is 0 Å². The first kappa shape index (κ1) is 11.9. The van der Waals surface area contributed by atoms with Gasteiger partial charge >= 0.3 is 0 Å². The van der Waals surface area contributed by atoms with Gasteiger partial charge in [-0.3, -0.25) is 4.98 Å². The van der Waals surface area contributed by atoms with Crippen LogP contribution in [-0.2, 0) is 11.3 Å². The molecular weight excluding hydrogens is 212 g/mol. The molecule has 0 spiro atoms. The standard InChI is InChI=1S/C14H18N2O/c1-9(2)10-4-5-14-12(6-10)13(15)7-11(16-14)8-17-3/h4-7,9H,8H2,1-3H3,(H2,15,16). The lowest BCUT2D eigenvalue weighted by atomic mass is 10.0. The van der Waals surface area contributed by atoms with Gasteiger partial charge in [0.2, 0.25) is 0 Å². The Morgan fingerprint density at radius 1 is 1.29 bits per heavy atom. The summed E-state index contributed by atoms with van der Waals surface area (Å²) in [4.78, 5) is 4.52. The molecule has 2 rings (SSSR count). The van der Waals surface area contributed by atoms with Crippen LogP contribution in [0.5, 0.6) is 0 Å². The molecule has 0 radical (unpaired) electrons. The zero-order valence-electron chi connectivity index (χ0n) is 10.5. The summed E-state index contributed by atoms with van der Waals surface area (Å²) in [6.45, 7) is 4.83. The van der Waals surface area contributed by atoms with Crippen LogP contribution < -0.4 is 5.73 Å². The van der Waals surface area contributed by atoms with E-state index in [0.717, 1.165) is 22.3 Å². The normalized spacial score (nSPS) is 11.3. The number of nitrogens with zero attached hydrogens (tertiary/aromatic N) is 1. The van der Waals surface area contributed by atoms with E-state index < -0.39 is 0 Å². The zero-order valence-corrected chi connectivity index (χ0v) is 10.5. The largest absolute Gasteiger partial charge is 0.398 e. The van der Waals surface area contributed by atoms with Gasteiger partial charge in [0, 0.05) is 18.2 Å². The number of fused-ring (bicyclic) bond motifs is 1. The lowest BCUT2D eigenvalue weighted by Gasteiger charge is -2.09. The average molecular weight is 230 g/mol. The Labute approximate surface area is 102 Å². The molecule has 17 heavy (non-hydrogen) atoms. The lowest BCUT2D eigenvalue weighted by molar-refractivity contribution is 0.182. The smallest absolute Gasteiger partial charge is 0.0885 e. The maximum absolute atomic E-state index is 6.06. The van der Waals surface area contributed by atoms with Gasteiger partial charge in [-0.1, -0.05) is 19.9 Å². The van der Waals surface area contributed by atoms with E-state index in [1.165, 1.54) is 5.56 Å². The van der Waals surface area contributed by atoms with E-state index in [2.05, 4.69) is 31.0 Å². The fourth-order valence-electron chi connectivity index (χ4n) is 1.91. The van der Waals surface area contributed by atoms with Crippen molar-refractivity contribution in [2.75, 3.05) is 12.8 Å². The van der Waals surface area contributed by atoms with Crippen LogP contribution in [0.15, 0.2) is 24.3 Å². The Kier molecular flexibility index (Phi) is 3.29. The summed E-state index contributed by atoms with van der Waals surface area (Å²) < 4.78 is 5.08. The SMILES string of the molecule is COCc1cc(N)c2cc(C(C)C)ccc2n1. The molecule has 1 aromatic heterocycles. The van der Waals surface area contributed by atoms with Crippen molar-refractivity contribution < 1.29 is 4.74 Å². The Morgan fingerprint density at radius 3 is 2.71 bits per heavy atom. The molecule has 0 unspecified atom stereocenters. The van der Waals surface area contributed by atoms with Gasteiger partial charge in [-0.15, -0.1) is 0 Å². The summed E-state index contributed by atoms with van der Waals surface area (Å²) in [5.41, 5.74) is 9.91. The van der Waals surface area contributed by atoms with Crippen molar-refractivity contribution >= 4 is 16.6 Å². The van der Waals surface area contributed by atoms with E-state index >= 15 is 0 Å². The summed E-state index contributed by atoms with van der Waals surface area (Å²) in [6.07, 6.45) is 0. The van der Waals surface area contributed by atoms with Gasteiger partial charge in [-0.2, -0.15) is 0 Å². The molecule has 2 N–H and O–H groups in total. The zero-order chi connectivity index (χ0) is 12.4. The number of nitrogen functional groups attached to an aromatic ring is 1. The third-order valence-electron chi connectivity index (χ3n) is 2.88. The summed E-state index contributed by atoms with van der Waals surface area (Å²) in [5.74, 6) is 0.498. The molecule has 0 saturated carbocycles. The van der Waals surface area contributed by atoms with E-state index in [-0.39, 0.29) is 0 Å². The second kappa shape index (κ2) is 4.72. The summed E-state index contributed by atoms with van der Waals surface area (Å²) >= 11 is 0. The molecule has 0 aliphatic carbocycles. The Hall–Kier alpha value is -1.61. The van der Waals surface area contributed by atoms with Crippen molar-refractivity contribution in [3.05, 3.63) is 35.5 Å². The highest BCUT2D eigenvalue weighted by atomic mass is 16.5. The van der Waals surface area contributed by atoms with Crippen molar-refractivity contribution in [2.45, 2.75) is 26.4 Å². The molecule has 1 aromatic carbocycles. The molecule has 0 bridgehead atoms. The molecule has 0 aliphatic rings. The van der Waals surface area contributed by atoms with Crippen LogP contribution in [-0.4, -0.2) is 12.1 Å². The molecule has 3 heteroatoms. The van der Waals surface area contributed by atoms with Crippen LogP contribution >= 0.6 is 0 Å². The van der Waals surface area contributed by atoms with Crippen LogP contribution in [0.4, 0.5) is 5.69 Å². The van der Waals surface area contributed by atoms with Gasteiger partial charge in [0.25, 0.3) is 0 Å². The maximum atomic E-state index is 6.06. The van der Waals surface area contributed by atoms with E-state index in [4.69, 9.17) is 10.5 Å². The first-order valence-corrected chi connectivity index (χ1v) is 5.80. The number of nitrogens with two attached hydrogens (primary N) is 1. The van der Waals surface area contributed by atoms with Gasteiger partial charge in [0.15, 0.2) is 0 Å². The monoisotopic (exact) mass is 230 g/mol. The highest BCUT2D eigenvalue weighted by molar-refractivity contribution is 5.90. The third kappa shape index (κ3) is 2.39. The van der Waals surface area contributed by atoms with Crippen molar-refractivity contribution in [3.8, 4) is 0 Å². The van der Waals surface area contributed by atoms with Gasteiger partial charge in [0.1, 0.15) is 0 Å². The quantitative estimate of drug-likeness (QED) is 0.881. The van der Waals surface area contributed by atoms with E-state index in [0.29, 0.717) is 12.5 Å². The minimum absolute atomic E-state index is 0.492.